The second-order valence-electron chi connectivity index (χ2n) is 10.3. The lowest BCUT2D eigenvalue weighted by atomic mass is 10.0. The van der Waals surface area contributed by atoms with Crippen LogP contribution >= 0.6 is 0 Å². The van der Waals surface area contributed by atoms with Gasteiger partial charge >= 0.3 is 0 Å². The van der Waals surface area contributed by atoms with Gasteiger partial charge in [-0.25, -0.2) is 4.98 Å². The normalized spacial score (nSPS) is 11.9. The largest absolute Gasteiger partial charge is 0.454 e. The van der Waals surface area contributed by atoms with Gasteiger partial charge in [-0.3, -0.25) is 4.98 Å². The number of aromatic nitrogens is 2. The van der Waals surface area contributed by atoms with Crippen molar-refractivity contribution in [2.75, 3.05) is 4.90 Å². The number of hydrogen-bond acceptors (Lipinski definition) is 5. The van der Waals surface area contributed by atoms with E-state index in [-0.39, 0.29) is 0 Å². The third kappa shape index (κ3) is 3.29. The van der Waals surface area contributed by atoms with Crippen molar-refractivity contribution in [3.63, 3.8) is 0 Å². The van der Waals surface area contributed by atoms with E-state index in [1.165, 1.54) is 21.5 Å². The number of furan rings is 2. The Bertz CT molecular complexity index is 2450. The van der Waals surface area contributed by atoms with Gasteiger partial charge in [0.2, 0.25) is 5.71 Å². The molecule has 0 saturated carbocycles. The molecule has 5 nitrogen and oxygen atoms in total. The first kappa shape index (κ1) is 22.2. The smallest absolute Gasteiger partial charge is 0.229 e. The van der Waals surface area contributed by atoms with E-state index in [1.54, 1.807) is 6.20 Å². The molecule has 0 radical (unpaired) electrons. The van der Waals surface area contributed by atoms with E-state index in [9.17, 15) is 0 Å². The number of pyridine rings is 2. The van der Waals surface area contributed by atoms with Gasteiger partial charge in [0.05, 0.1) is 11.1 Å². The molecule has 0 fully saturated rings. The Morgan fingerprint density at radius 3 is 2.22 bits per heavy atom. The Labute approximate surface area is 233 Å². The van der Waals surface area contributed by atoms with Crippen LogP contribution in [0.1, 0.15) is 0 Å². The summed E-state index contributed by atoms with van der Waals surface area (Å²) in [7, 11) is 0. The van der Waals surface area contributed by atoms with Crippen LogP contribution in [0.2, 0.25) is 0 Å². The molecule has 0 bridgehead atoms. The summed E-state index contributed by atoms with van der Waals surface area (Å²) in [5.41, 5.74) is 6.86. The molecule has 0 N–H and O–H groups in total. The van der Waals surface area contributed by atoms with Crippen molar-refractivity contribution in [3.05, 3.63) is 128 Å². The fraction of sp³-hybridized carbons (Fsp3) is 0. The number of hydrogen-bond donors (Lipinski definition) is 0. The zero-order chi connectivity index (χ0) is 26.9. The molecule has 41 heavy (non-hydrogen) atoms. The van der Waals surface area contributed by atoms with Gasteiger partial charge in [-0.15, -0.1) is 0 Å². The Kier molecular flexibility index (Phi) is 4.55. The van der Waals surface area contributed by atoms with Crippen LogP contribution in [0.25, 0.3) is 65.7 Å². The minimum atomic E-state index is 0.608. The van der Waals surface area contributed by atoms with Gasteiger partial charge in [0, 0.05) is 34.5 Å². The third-order valence-electron chi connectivity index (χ3n) is 7.95. The summed E-state index contributed by atoms with van der Waals surface area (Å²) in [5.74, 6) is 0. The van der Waals surface area contributed by atoms with Crippen molar-refractivity contribution in [2.24, 2.45) is 0 Å². The standard InChI is InChI=1S/C36H21N3O2/c1-2-7-26-22(6-1)11-12-23-20-24(13-15-27(23)26)39(25-14-16-32-29(21-25)35-33(40-32)10-5-18-37-35)30-17-19-38-36-34(30)28-8-3-4-9-31(28)41-36/h1-21H. The first-order chi connectivity index (χ1) is 20.3. The Hall–Kier alpha value is -5.68. The molecule has 0 amide bonds. The fourth-order valence-electron chi connectivity index (χ4n) is 6.11. The maximum Gasteiger partial charge on any atom is 0.229 e. The molecule has 0 aliphatic rings. The number of para-hydroxylation sites is 1. The van der Waals surface area contributed by atoms with Gasteiger partial charge in [0.25, 0.3) is 0 Å². The molecule has 5 aromatic carbocycles. The van der Waals surface area contributed by atoms with Crippen LogP contribution in [0.15, 0.2) is 136 Å². The summed E-state index contributed by atoms with van der Waals surface area (Å²) < 4.78 is 12.3. The van der Waals surface area contributed by atoms with E-state index < -0.39 is 0 Å². The van der Waals surface area contributed by atoms with E-state index in [2.05, 4.69) is 93.7 Å². The Morgan fingerprint density at radius 1 is 0.488 bits per heavy atom. The molecule has 0 saturated heterocycles. The predicted octanol–water partition coefficient (Wildman–Crippen LogP) is 10.1. The highest BCUT2D eigenvalue weighted by Gasteiger charge is 2.21. The highest BCUT2D eigenvalue weighted by molar-refractivity contribution is 6.14. The topological polar surface area (TPSA) is 55.3 Å². The monoisotopic (exact) mass is 527 g/mol. The quantitative estimate of drug-likeness (QED) is 0.214. The zero-order valence-electron chi connectivity index (χ0n) is 21.8. The molecular formula is C36H21N3O2. The molecular weight excluding hydrogens is 506 g/mol. The summed E-state index contributed by atoms with van der Waals surface area (Å²) >= 11 is 0. The summed E-state index contributed by atoms with van der Waals surface area (Å²) in [5, 5.41) is 7.83. The van der Waals surface area contributed by atoms with Gasteiger partial charge in [0.1, 0.15) is 16.7 Å². The molecule has 0 unspecified atom stereocenters. The molecule has 5 heteroatoms. The second kappa shape index (κ2) is 8.41. The van der Waals surface area contributed by atoms with Crippen molar-refractivity contribution >= 4 is 82.7 Å². The van der Waals surface area contributed by atoms with Crippen LogP contribution in [0, 0.1) is 0 Å². The van der Waals surface area contributed by atoms with Crippen molar-refractivity contribution in [2.45, 2.75) is 0 Å². The lowest BCUT2D eigenvalue weighted by molar-refractivity contribution is 0.654. The van der Waals surface area contributed by atoms with Crippen LogP contribution in [-0.2, 0) is 0 Å². The molecule has 4 aromatic heterocycles. The van der Waals surface area contributed by atoms with Crippen LogP contribution in [0.3, 0.4) is 0 Å². The minimum Gasteiger partial charge on any atom is -0.454 e. The number of nitrogens with zero attached hydrogens (tertiary/aromatic N) is 3. The average Bonchev–Trinajstić information content (AvgIpc) is 3.60. The van der Waals surface area contributed by atoms with E-state index >= 15 is 0 Å². The summed E-state index contributed by atoms with van der Waals surface area (Å²) in [6.45, 7) is 0. The average molecular weight is 528 g/mol. The first-order valence-corrected chi connectivity index (χ1v) is 13.6. The highest BCUT2D eigenvalue weighted by Crippen LogP contribution is 2.44. The Morgan fingerprint density at radius 2 is 1.24 bits per heavy atom. The van der Waals surface area contributed by atoms with Gasteiger partial charge in [-0.05, 0) is 76.1 Å². The first-order valence-electron chi connectivity index (χ1n) is 13.6. The Balaban J connectivity index is 1.35. The molecule has 9 rings (SSSR count). The SMILES string of the molecule is c1ccc2c(c1)ccc1cc(N(c3ccc4oc5cccnc5c4c3)c3ccnc4oc5ccccc5c34)ccc12. The predicted molar refractivity (Wildman–Crippen MR) is 166 cm³/mol. The van der Waals surface area contributed by atoms with Crippen molar-refractivity contribution in [1.29, 1.82) is 0 Å². The van der Waals surface area contributed by atoms with Gasteiger partial charge in [0.15, 0.2) is 5.58 Å². The third-order valence-corrected chi connectivity index (χ3v) is 7.95. The van der Waals surface area contributed by atoms with Gasteiger partial charge in [-0.2, -0.15) is 0 Å². The van der Waals surface area contributed by atoms with E-state index in [1.807, 2.05) is 42.6 Å². The van der Waals surface area contributed by atoms with E-state index in [0.717, 1.165) is 55.5 Å². The molecule has 0 atom stereocenters. The number of benzene rings is 5. The van der Waals surface area contributed by atoms with Crippen LogP contribution in [0.5, 0.6) is 0 Å². The molecule has 0 spiro atoms. The molecule has 192 valence electrons. The van der Waals surface area contributed by atoms with E-state index in [0.29, 0.717) is 5.71 Å². The van der Waals surface area contributed by atoms with Crippen molar-refractivity contribution < 1.29 is 8.83 Å². The number of fused-ring (bicyclic) bond motifs is 9. The number of rotatable bonds is 3. The van der Waals surface area contributed by atoms with Crippen molar-refractivity contribution in [3.8, 4) is 0 Å². The van der Waals surface area contributed by atoms with Crippen LogP contribution < -0.4 is 4.90 Å². The fourth-order valence-corrected chi connectivity index (χ4v) is 6.11. The maximum atomic E-state index is 6.19. The maximum absolute atomic E-state index is 6.19. The summed E-state index contributed by atoms with van der Waals surface area (Å²) in [6, 6.07) is 39.9. The summed E-state index contributed by atoms with van der Waals surface area (Å²) in [6.07, 6.45) is 3.62. The molecule has 4 heterocycles. The molecule has 9 aromatic rings. The molecule has 0 aliphatic heterocycles. The molecule has 0 aliphatic carbocycles. The van der Waals surface area contributed by atoms with Gasteiger partial charge < -0.3 is 13.7 Å². The lowest BCUT2D eigenvalue weighted by Gasteiger charge is -2.26. The van der Waals surface area contributed by atoms with E-state index in [4.69, 9.17) is 8.83 Å². The highest BCUT2D eigenvalue weighted by atomic mass is 16.3. The van der Waals surface area contributed by atoms with Crippen molar-refractivity contribution in [1.82, 2.24) is 9.97 Å². The lowest BCUT2D eigenvalue weighted by Crippen LogP contribution is -2.10. The van der Waals surface area contributed by atoms with Crippen LogP contribution in [0.4, 0.5) is 17.1 Å². The summed E-state index contributed by atoms with van der Waals surface area (Å²) in [4.78, 5) is 11.5. The zero-order valence-corrected chi connectivity index (χ0v) is 21.8. The second-order valence-corrected chi connectivity index (χ2v) is 10.3. The van der Waals surface area contributed by atoms with Crippen LogP contribution in [-0.4, -0.2) is 9.97 Å². The number of anilines is 3. The van der Waals surface area contributed by atoms with Gasteiger partial charge in [-0.1, -0.05) is 60.7 Å². The minimum absolute atomic E-state index is 0.608.